The topological polar surface area (TPSA) is 54.0 Å². The molecule has 1 atom stereocenters. The molecular weight excluding hydrogens is 238 g/mol. The van der Waals surface area contributed by atoms with Crippen molar-refractivity contribution < 1.29 is 4.79 Å². The first-order valence-electron chi connectivity index (χ1n) is 7.07. The van der Waals surface area contributed by atoms with Gasteiger partial charge >= 0.3 is 0 Å². The Kier molecular flexibility index (Phi) is 6.33. The molecule has 1 aromatic heterocycles. The summed E-state index contributed by atoms with van der Waals surface area (Å²) in [6.07, 6.45) is 2.10. The van der Waals surface area contributed by atoms with Gasteiger partial charge in [-0.2, -0.15) is 0 Å². The summed E-state index contributed by atoms with van der Waals surface area (Å²) in [5, 5.41) is 6.18. The Bertz CT molecular complexity index is 418. The standard InChI is InChI=1S/C15H25N3O/c1-5-7-16-14-9-13(8-12(4)18-14)15(19)17-10-11(3)6-2/h8-9,11H,5-7,10H2,1-4H3,(H,16,18)(H,17,19). The molecule has 106 valence electrons. The molecule has 1 rings (SSSR count). The molecule has 1 amide bonds. The number of anilines is 1. The van der Waals surface area contributed by atoms with Crippen LogP contribution in [0, 0.1) is 12.8 Å². The summed E-state index contributed by atoms with van der Waals surface area (Å²) in [5.41, 5.74) is 1.53. The summed E-state index contributed by atoms with van der Waals surface area (Å²) >= 11 is 0. The van der Waals surface area contributed by atoms with Gasteiger partial charge in [-0.3, -0.25) is 4.79 Å². The third-order valence-electron chi connectivity index (χ3n) is 3.08. The monoisotopic (exact) mass is 263 g/mol. The lowest BCUT2D eigenvalue weighted by molar-refractivity contribution is 0.0947. The largest absolute Gasteiger partial charge is 0.370 e. The highest BCUT2D eigenvalue weighted by Crippen LogP contribution is 2.10. The van der Waals surface area contributed by atoms with Crippen molar-refractivity contribution in [1.29, 1.82) is 0 Å². The summed E-state index contributed by atoms with van der Waals surface area (Å²) in [5.74, 6) is 1.26. The fraction of sp³-hybridized carbons (Fsp3) is 0.600. The maximum absolute atomic E-state index is 12.1. The van der Waals surface area contributed by atoms with Crippen molar-refractivity contribution in [1.82, 2.24) is 10.3 Å². The third-order valence-corrected chi connectivity index (χ3v) is 3.08. The van der Waals surface area contributed by atoms with Crippen LogP contribution in [0.4, 0.5) is 5.82 Å². The van der Waals surface area contributed by atoms with Gasteiger partial charge in [0.2, 0.25) is 0 Å². The zero-order valence-corrected chi connectivity index (χ0v) is 12.4. The second-order valence-corrected chi connectivity index (χ2v) is 5.03. The van der Waals surface area contributed by atoms with E-state index in [1.165, 1.54) is 0 Å². The Balaban J connectivity index is 2.70. The van der Waals surface area contributed by atoms with Gasteiger partial charge in [0, 0.05) is 24.3 Å². The molecular formula is C15H25N3O. The molecule has 2 N–H and O–H groups in total. The SMILES string of the molecule is CCCNc1cc(C(=O)NCC(C)CC)cc(C)n1. The van der Waals surface area contributed by atoms with Crippen molar-refractivity contribution in [2.45, 2.75) is 40.5 Å². The average Bonchev–Trinajstić information content (AvgIpc) is 2.41. The van der Waals surface area contributed by atoms with Gasteiger partial charge < -0.3 is 10.6 Å². The van der Waals surface area contributed by atoms with Crippen LogP contribution in [-0.2, 0) is 0 Å². The molecule has 0 bridgehead atoms. The second kappa shape index (κ2) is 7.77. The predicted molar refractivity (Wildman–Crippen MR) is 79.5 cm³/mol. The number of aromatic nitrogens is 1. The molecule has 0 aromatic carbocycles. The maximum Gasteiger partial charge on any atom is 0.251 e. The van der Waals surface area contributed by atoms with Gasteiger partial charge in [0.05, 0.1) is 0 Å². The quantitative estimate of drug-likeness (QED) is 0.795. The predicted octanol–water partition coefficient (Wildman–Crippen LogP) is 2.99. The highest BCUT2D eigenvalue weighted by molar-refractivity contribution is 5.95. The minimum Gasteiger partial charge on any atom is -0.370 e. The van der Waals surface area contributed by atoms with E-state index in [2.05, 4.69) is 36.4 Å². The van der Waals surface area contributed by atoms with Crippen LogP contribution in [-0.4, -0.2) is 24.0 Å². The van der Waals surface area contributed by atoms with E-state index in [0.717, 1.165) is 30.9 Å². The van der Waals surface area contributed by atoms with E-state index < -0.39 is 0 Å². The first-order valence-corrected chi connectivity index (χ1v) is 7.07. The van der Waals surface area contributed by atoms with Crippen LogP contribution in [0.5, 0.6) is 0 Å². The summed E-state index contributed by atoms with van der Waals surface area (Å²) < 4.78 is 0. The number of nitrogens with zero attached hydrogens (tertiary/aromatic N) is 1. The van der Waals surface area contributed by atoms with Crippen molar-refractivity contribution in [3.8, 4) is 0 Å². The normalized spacial score (nSPS) is 12.0. The van der Waals surface area contributed by atoms with Crippen molar-refractivity contribution in [3.05, 3.63) is 23.4 Å². The van der Waals surface area contributed by atoms with Gasteiger partial charge in [-0.1, -0.05) is 27.2 Å². The summed E-state index contributed by atoms with van der Waals surface area (Å²) in [4.78, 5) is 16.5. The number of hydrogen-bond donors (Lipinski definition) is 2. The number of nitrogens with one attached hydrogen (secondary N) is 2. The molecule has 0 aliphatic rings. The van der Waals surface area contributed by atoms with E-state index in [1.807, 2.05) is 19.1 Å². The molecule has 0 saturated heterocycles. The van der Waals surface area contributed by atoms with E-state index in [-0.39, 0.29) is 5.91 Å². The zero-order chi connectivity index (χ0) is 14.3. The fourth-order valence-corrected chi connectivity index (χ4v) is 1.66. The molecule has 0 radical (unpaired) electrons. The second-order valence-electron chi connectivity index (χ2n) is 5.03. The van der Waals surface area contributed by atoms with Crippen LogP contribution in [0.25, 0.3) is 0 Å². The molecule has 0 spiro atoms. The van der Waals surface area contributed by atoms with Gasteiger partial charge in [0.25, 0.3) is 5.91 Å². The van der Waals surface area contributed by atoms with E-state index in [0.29, 0.717) is 18.0 Å². The van der Waals surface area contributed by atoms with Gasteiger partial charge in [0.15, 0.2) is 0 Å². The van der Waals surface area contributed by atoms with Gasteiger partial charge in [-0.15, -0.1) is 0 Å². The number of carbonyl (C=O) groups is 1. The Morgan fingerprint density at radius 3 is 2.74 bits per heavy atom. The maximum atomic E-state index is 12.1. The fourth-order valence-electron chi connectivity index (χ4n) is 1.66. The number of aryl methyl sites for hydroxylation is 1. The molecule has 1 aromatic rings. The lowest BCUT2D eigenvalue weighted by atomic mass is 10.1. The molecule has 4 nitrogen and oxygen atoms in total. The minimum atomic E-state index is -0.0228. The highest BCUT2D eigenvalue weighted by atomic mass is 16.1. The van der Waals surface area contributed by atoms with E-state index in [1.54, 1.807) is 0 Å². The first-order chi connectivity index (χ1) is 9.06. The lowest BCUT2D eigenvalue weighted by Gasteiger charge is -2.12. The minimum absolute atomic E-state index is 0.0228. The molecule has 4 heteroatoms. The third kappa shape index (κ3) is 5.28. The number of hydrogen-bond acceptors (Lipinski definition) is 3. The number of pyridine rings is 1. The zero-order valence-electron chi connectivity index (χ0n) is 12.4. The summed E-state index contributed by atoms with van der Waals surface area (Å²) in [7, 11) is 0. The summed E-state index contributed by atoms with van der Waals surface area (Å²) in [6.45, 7) is 9.84. The molecule has 0 aliphatic carbocycles. The smallest absolute Gasteiger partial charge is 0.251 e. The van der Waals surface area contributed by atoms with E-state index in [9.17, 15) is 4.79 Å². The molecule has 1 unspecified atom stereocenters. The lowest BCUT2D eigenvalue weighted by Crippen LogP contribution is -2.28. The van der Waals surface area contributed by atoms with Crippen LogP contribution >= 0.6 is 0 Å². The number of carbonyl (C=O) groups excluding carboxylic acids is 1. The van der Waals surface area contributed by atoms with Crippen LogP contribution in [0.2, 0.25) is 0 Å². The van der Waals surface area contributed by atoms with Gasteiger partial charge in [-0.05, 0) is 31.4 Å². The van der Waals surface area contributed by atoms with Crippen LogP contribution in [0.15, 0.2) is 12.1 Å². The Morgan fingerprint density at radius 1 is 1.37 bits per heavy atom. The van der Waals surface area contributed by atoms with Crippen molar-refractivity contribution in [2.24, 2.45) is 5.92 Å². The Morgan fingerprint density at radius 2 is 2.11 bits per heavy atom. The molecule has 0 aliphatic heterocycles. The Labute approximate surface area is 116 Å². The van der Waals surface area contributed by atoms with E-state index >= 15 is 0 Å². The first kappa shape index (κ1) is 15.5. The molecule has 0 saturated carbocycles. The van der Waals surface area contributed by atoms with Crippen LogP contribution in [0.1, 0.15) is 49.7 Å². The average molecular weight is 263 g/mol. The van der Waals surface area contributed by atoms with Crippen LogP contribution < -0.4 is 10.6 Å². The number of amides is 1. The van der Waals surface area contributed by atoms with E-state index in [4.69, 9.17) is 0 Å². The molecule has 1 heterocycles. The summed E-state index contributed by atoms with van der Waals surface area (Å²) in [6, 6.07) is 3.64. The number of rotatable bonds is 7. The van der Waals surface area contributed by atoms with Crippen LogP contribution in [0.3, 0.4) is 0 Å². The molecule has 0 fully saturated rings. The van der Waals surface area contributed by atoms with Crippen molar-refractivity contribution >= 4 is 11.7 Å². The van der Waals surface area contributed by atoms with Gasteiger partial charge in [0.1, 0.15) is 5.82 Å². The molecule has 19 heavy (non-hydrogen) atoms. The van der Waals surface area contributed by atoms with Gasteiger partial charge in [-0.25, -0.2) is 4.98 Å². The van der Waals surface area contributed by atoms with Crippen molar-refractivity contribution in [3.63, 3.8) is 0 Å². The van der Waals surface area contributed by atoms with Crippen molar-refractivity contribution in [2.75, 3.05) is 18.4 Å². The highest BCUT2D eigenvalue weighted by Gasteiger charge is 2.09. The Hall–Kier alpha value is -1.58.